The first kappa shape index (κ1) is 16.7. The number of morpholine rings is 1. The van der Waals surface area contributed by atoms with Crippen LogP contribution in [-0.4, -0.2) is 78.2 Å². The maximum Gasteiger partial charge on any atom is 0.272 e. The van der Waals surface area contributed by atoms with E-state index in [0.717, 1.165) is 37.8 Å². The highest BCUT2D eigenvalue weighted by molar-refractivity contribution is 5.92. The molecule has 0 saturated carbocycles. The summed E-state index contributed by atoms with van der Waals surface area (Å²) >= 11 is 0. The van der Waals surface area contributed by atoms with Gasteiger partial charge in [-0.25, -0.2) is 15.0 Å². The van der Waals surface area contributed by atoms with Gasteiger partial charge in [0.2, 0.25) is 5.95 Å². The van der Waals surface area contributed by atoms with Crippen molar-refractivity contribution in [1.82, 2.24) is 19.9 Å². The number of ether oxygens (including phenoxy) is 1. The normalized spacial score (nSPS) is 18.1. The molecule has 2 aromatic heterocycles. The molecule has 8 heteroatoms. The van der Waals surface area contributed by atoms with Gasteiger partial charge in [0.15, 0.2) is 0 Å². The highest BCUT2D eigenvalue weighted by atomic mass is 16.5. The van der Waals surface area contributed by atoms with Gasteiger partial charge in [-0.05, 0) is 18.2 Å². The molecule has 26 heavy (non-hydrogen) atoms. The molecule has 2 aliphatic rings. The standard InChI is InChI=1S/C18H22N6O2/c25-17(23-10-12-26-13-11-23)16-3-2-15(14-21-16)22-6-8-24(9-7-22)18-19-4-1-5-20-18/h1-5,14H,6-13H2. The second kappa shape index (κ2) is 7.65. The second-order valence-electron chi connectivity index (χ2n) is 6.33. The number of amides is 1. The van der Waals surface area contributed by atoms with Gasteiger partial charge in [-0.2, -0.15) is 0 Å². The van der Waals surface area contributed by atoms with Gasteiger partial charge in [-0.3, -0.25) is 4.79 Å². The smallest absolute Gasteiger partial charge is 0.272 e. The average Bonchev–Trinajstić information content (AvgIpc) is 2.75. The Morgan fingerprint density at radius 3 is 2.23 bits per heavy atom. The van der Waals surface area contributed by atoms with Crippen LogP contribution in [0.3, 0.4) is 0 Å². The molecule has 0 N–H and O–H groups in total. The van der Waals surface area contributed by atoms with E-state index in [-0.39, 0.29) is 5.91 Å². The van der Waals surface area contributed by atoms with Gasteiger partial charge in [0.1, 0.15) is 5.69 Å². The molecule has 0 aliphatic carbocycles. The fourth-order valence-electron chi connectivity index (χ4n) is 3.25. The van der Waals surface area contributed by atoms with Crippen molar-refractivity contribution in [1.29, 1.82) is 0 Å². The molecule has 0 bridgehead atoms. The Balaban J connectivity index is 1.36. The van der Waals surface area contributed by atoms with E-state index in [4.69, 9.17) is 4.74 Å². The number of hydrogen-bond donors (Lipinski definition) is 0. The summed E-state index contributed by atoms with van der Waals surface area (Å²) in [6.45, 7) is 5.92. The fraction of sp³-hybridized carbons (Fsp3) is 0.444. The minimum atomic E-state index is -0.0223. The van der Waals surface area contributed by atoms with Crippen LogP contribution >= 0.6 is 0 Å². The van der Waals surface area contributed by atoms with Crippen LogP contribution in [0, 0.1) is 0 Å². The van der Waals surface area contributed by atoms with E-state index in [1.807, 2.05) is 18.2 Å². The van der Waals surface area contributed by atoms with Crippen LogP contribution in [0.15, 0.2) is 36.8 Å². The summed E-state index contributed by atoms with van der Waals surface area (Å²) in [5.74, 6) is 0.752. The van der Waals surface area contributed by atoms with Crippen LogP contribution in [0.1, 0.15) is 10.5 Å². The Morgan fingerprint density at radius 1 is 0.885 bits per heavy atom. The van der Waals surface area contributed by atoms with Gasteiger partial charge in [0.25, 0.3) is 5.91 Å². The quantitative estimate of drug-likeness (QED) is 0.802. The van der Waals surface area contributed by atoms with Gasteiger partial charge in [0.05, 0.1) is 25.1 Å². The molecule has 1 amide bonds. The molecule has 2 aliphatic heterocycles. The lowest BCUT2D eigenvalue weighted by Gasteiger charge is -2.35. The third-order valence-electron chi connectivity index (χ3n) is 4.75. The summed E-state index contributed by atoms with van der Waals surface area (Å²) < 4.78 is 5.29. The summed E-state index contributed by atoms with van der Waals surface area (Å²) in [5.41, 5.74) is 1.53. The number of nitrogens with zero attached hydrogens (tertiary/aromatic N) is 6. The van der Waals surface area contributed by atoms with Crippen molar-refractivity contribution in [3.8, 4) is 0 Å². The van der Waals surface area contributed by atoms with Gasteiger partial charge in [-0.1, -0.05) is 0 Å². The zero-order chi connectivity index (χ0) is 17.8. The number of anilines is 2. The van der Waals surface area contributed by atoms with E-state index in [1.165, 1.54) is 0 Å². The van der Waals surface area contributed by atoms with Crippen molar-refractivity contribution in [2.24, 2.45) is 0 Å². The third kappa shape index (κ3) is 3.60. The SMILES string of the molecule is O=C(c1ccc(N2CCN(c3ncccn3)CC2)cn1)N1CCOCC1. The monoisotopic (exact) mass is 354 g/mol. The fourth-order valence-corrected chi connectivity index (χ4v) is 3.25. The molecular weight excluding hydrogens is 332 g/mol. The molecule has 4 heterocycles. The first-order valence-corrected chi connectivity index (χ1v) is 8.91. The van der Waals surface area contributed by atoms with Crippen LogP contribution in [0.5, 0.6) is 0 Å². The van der Waals surface area contributed by atoms with E-state index in [0.29, 0.717) is 32.0 Å². The summed E-state index contributed by atoms with van der Waals surface area (Å²) in [6, 6.07) is 5.63. The first-order chi connectivity index (χ1) is 12.8. The number of aromatic nitrogens is 3. The van der Waals surface area contributed by atoms with Crippen LogP contribution in [0.25, 0.3) is 0 Å². The summed E-state index contributed by atoms with van der Waals surface area (Å²) in [5, 5.41) is 0. The van der Waals surface area contributed by atoms with E-state index < -0.39 is 0 Å². The van der Waals surface area contributed by atoms with Crippen LogP contribution < -0.4 is 9.80 Å². The molecule has 2 saturated heterocycles. The molecule has 2 aromatic rings. The van der Waals surface area contributed by atoms with Crippen molar-refractivity contribution >= 4 is 17.5 Å². The summed E-state index contributed by atoms with van der Waals surface area (Å²) in [6.07, 6.45) is 5.33. The van der Waals surface area contributed by atoms with E-state index in [9.17, 15) is 4.79 Å². The zero-order valence-electron chi connectivity index (χ0n) is 14.6. The van der Waals surface area contributed by atoms with Gasteiger partial charge >= 0.3 is 0 Å². The van der Waals surface area contributed by atoms with Crippen molar-refractivity contribution in [3.63, 3.8) is 0 Å². The summed E-state index contributed by atoms with van der Waals surface area (Å²) in [4.78, 5) is 31.7. The largest absolute Gasteiger partial charge is 0.378 e. The third-order valence-corrected chi connectivity index (χ3v) is 4.75. The minimum absolute atomic E-state index is 0.0223. The predicted molar refractivity (Wildman–Crippen MR) is 97.4 cm³/mol. The van der Waals surface area contributed by atoms with Crippen LogP contribution in [0.4, 0.5) is 11.6 Å². The van der Waals surface area contributed by atoms with Crippen molar-refractivity contribution < 1.29 is 9.53 Å². The molecule has 2 fully saturated rings. The highest BCUT2D eigenvalue weighted by Crippen LogP contribution is 2.18. The Kier molecular flexibility index (Phi) is 4.92. The number of hydrogen-bond acceptors (Lipinski definition) is 7. The number of carbonyl (C=O) groups excluding carboxylic acids is 1. The van der Waals surface area contributed by atoms with Crippen molar-refractivity contribution in [2.45, 2.75) is 0 Å². The van der Waals surface area contributed by atoms with Gasteiger partial charge in [0, 0.05) is 51.7 Å². The lowest BCUT2D eigenvalue weighted by atomic mass is 10.2. The highest BCUT2D eigenvalue weighted by Gasteiger charge is 2.22. The molecular formula is C18H22N6O2. The molecule has 4 rings (SSSR count). The van der Waals surface area contributed by atoms with Crippen LogP contribution in [-0.2, 0) is 4.74 Å². The molecule has 8 nitrogen and oxygen atoms in total. The molecule has 0 radical (unpaired) electrons. The van der Waals surface area contributed by atoms with E-state index >= 15 is 0 Å². The number of piperazine rings is 1. The molecule has 0 unspecified atom stereocenters. The van der Waals surface area contributed by atoms with Crippen LogP contribution in [0.2, 0.25) is 0 Å². The van der Waals surface area contributed by atoms with Gasteiger partial charge in [-0.15, -0.1) is 0 Å². The molecule has 0 aromatic carbocycles. The Labute approximate surface area is 152 Å². The Morgan fingerprint density at radius 2 is 1.58 bits per heavy atom. The minimum Gasteiger partial charge on any atom is -0.378 e. The average molecular weight is 354 g/mol. The molecule has 136 valence electrons. The van der Waals surface area contributed by atoms with Crippen molar-refractivity contribution in [3.05, 3.63) is 42.5 Å². The Hall–Kier alpha value is -2.74. The van der Waals surface area contributed by atoms with E-state index in [1.54, 1.807) is 23.5 Å². The Bertz CT molecular complexity index is 725. The number of carbonyl (C=O) groups is 1. The second-order valence-corrected chi connectivity index (χ2v) is 6.33. The topological polar surface area (TPSA) is 74.7 Å². The molecule has 0 spiro atoms. The number of rotatable bonds is 3. The maximum absolute atomic E-state index is 12.5. The van der Waals surface area contributed by atoms with Gasteiger partial charge < -0.3 is 19.4 Å². The van der Waals surface area contributed by atoms with E-state index in [2.05, 4.69) is 24.8 Å². The first-order valence-electron chi connectivity index (χ1n) is 8.91. The zero-order valence-corrected chi connectivity index (χ0v) is 14.6. The lowest BCUT2D eigenvalue weighted by molar-refractivity contribution is 0.0299. The molecule has 0 atom stereocenters. The maximum atomic E-state index is 12.5. The predicted octanol–water partition coefficient (Wildman–Crippen LogP) is 0.671. The lowest BCUT2D eigenvalue weighted by Crippen LogP contribution is -2.47. The van der Waals surface area contributed by atoms with Crippen molar-refractivity contribution in [2.75, 3.05) is 62.3 Å². The number of pyridine rings is 1. The summed E-state index contributed by atoms with van der Waals surface area (Å²) in [7, 11) is 0.